The molecule has 2 aromatic rings. The van der Waals surface area contributed by atoms with Crippen LogP contribution >= 0.6 is 23.4 Å². The van der Waals surface area contributed by atoms with E-state index in [1.54, 1.807) is 18.2 Å². The molecule has 11 heteroatoms. The Labute approximate surface area is 163 Å². The first-order chi connectivity index (χ1) is 12.8. The van der Waals surface area contributed by atoms with Gasteiger partial charge >= 0.3 is 5.97 Å². The number of nitrogens with one attached hydrogen (secondary N) is 1. The van der Waals surface area contributed by atoms with Gasteiger partial charge in [0.1, 0.15) is 5.75 Å². The maximum absolute atomic E-state index is 12.1. The number of halogens is 1. The second-order valence-electron chi connectivity index (χ2n) is 5.20. The van der Waals surface area contributed by atoms with Crippen molar-refractivity contribution < 1.29 is 24.0 Å². The Balaban J connectivity index is 1.88. The zero-order chi connectivity index (χ0) is 20.0. The highest BCUT2D eigenvalue weighted by molar-refractivity contribution is 7.99. The molecule has 0 fully saturated rings. The molecule has 0 bridgehead atoms. The number of nitro groups is 1. The van der Waals surface area contributed by atoms with Crippen molar-refractivity contribution >= 4 is 46.6 Å². The third kappa shape index (κ3) is 5.83. The molecule has 142 valence electrons. The first-order valence-electron chi connectivity index (χ1n) is 7.53. The number of esters is 1. The Morgan fingerprint density at radius 1 is 1.37 bits per heavy atom. The fourth-order valence-corrected chi connectivity index (χ4v) is 2.81. The maximum Gasteiger partial charge on any atom is 0.317 e. The summed E-state index contributed by atoms with van der Waals surface area (Å²) in [7, 11) is 0. The number of hydrogen-bond acceptors (Lipinski definition) is 7. The first kappa shape index (κ1) is 20.5. The van der Waals surface area contributed by atoms with Gasteiger partial charge in [-0.25, -0.2) is 0 Å². The fraction of sp³-hybridized carbons (Fsp3) is 0.188. The number of aromatic nitrogens is 1. The van der Waals surface area contributed by atoms with E-state index in [1.165, 1.54) is 25.3 Å². The number of thioether (sulfide) groups is 1. The lowest BCUT2D eigenvalue weighted by Crippen LogP contribution is -2.31. The second-order valence-corrected chi connectivity index (χ2v) is 6.60. The number of carbonyl (C=O) groups excluding carboxylic acids is 2. The molecule has 0 spiro atoms. The molecule has 0 saturated carbocycles. The number of amides is 1. The molecule has 2 rings (SSSR count). The summed E-state index contributed by atoms with van der Waals surface area (Å²) < 4.78 is 5.63. The standard InChI is InChI=1S/C16H14ClN3O6S/c1-10(26-15(21)9-27-14-4-2-3-7-19(14)23)16(22)18-13-6-5-11(20(24)25)8-12(13)17/h2-8,10H,9H2,1H3,(H,18,22). The van der Waals surface area contributed by atoms with Crippen LogP contribution in [0.15, 0.2) is 47.6 Å². The lowest BCUT2D eigenvalue weighted by atomic mass is 10.2. The van der Waals surface area contributed by atoms with E-state index in [0.29, 0.717) is 9.76 Å². The average Bonchev–Trinajstić information content (AvgIpc) is 2.62. The van der Waals surface area contributed by atoms with Crippen molar-refractivity contribution in [1.82, 2.24) is 0 Å². The summed E-state index contributed by atoms with van der Waals surface area (Å²) in [6.45, 7) is 1.37. The van der Waals surface area contributed by atoms with E-state index in [-0.39, 0.29) is 22.2 Å². The van der Waals surface area contributed by atoms with Crippen LogP contribution < -0.4 is 10.0 Å². The summed E-state index contributed by atoms with van der Waals surface area (Å²) in [5.74, 6) is -1.48. The van der Waals surface area contributed by atoms with Crippen molar-refractivity contribution in [2.75, 3.05) is 11.1 Å². The van der Waals surface area contributed by atoms with Crippen LogP contribution in [0.3, 0.4) is 0 Å². The van der Waals surface area contributed by atoms with Crippen LogP contribution in [-0.4, -0.2) is 28.7 Å². The molecule has 1 N–H and O–H groups in total. The van der Waals surface area contributed by atoms with Gasteiger partial charge in [-0.1, -0.05) is 11.6 Å². The molecule has 0 saturated heterocycles. The average molecular weight is 412 g/mol. The van der Waals surface area contributed by atoms with Crippen molar-refractivity contribution in [2.45, 2.75) is 18.1 Å². The van der Waals surface area contributed by atoms with Crippen LogP contribution in [0.4, 0.5) is 11.4 Å². The van der Waals surface area contributed by atoms with Crippen LogP contribution in [0, 0.1) is 15.3 Å². The lowest BCUT2D eigenvalue weighted by molar-refractivity contribution is -0.645. The third-order valence-corrected chi connectivity index (χ3v) is 4.53. The van der Waals surface area contributed by atoms with Crippen molar-refractivity contribution in [3.8, 4) is 0 Å². The van der Waals surface area contributed by atoms with E-state index in [4.69, 9.17) is 16.3 Å². The van der Waals surface area contributed by atoms with Gasteiger partial charge in [0, 0.05) is 24.3 Å². The third-order valence-electron chi connectivity index (χ3n) is 3.23. The van der Waals surface area contributed by atoms with E-state index in [1.807, 2.05) is 0 Å². The number of hydrogen-bond donors (Lipinski definition) is 1. The van der Waals surface area contributed by atoms with E-state index >= 15 is 0 Å². The molecule has 1 amide bonds. The number of carbonyl (C=O) groups is 2. The number of ether oxygens (including phenoxy) is 1. The SMILES string of the molecule is CC(OC(=O)CSc1cccc[n+]1[O-])C(=O)Nc1ccc([N+](=O)[O-])cc1Cl. The predicted octanol–water partition coefficient (Wildman–Crippen LogP) is 2.54. The summed E-state index contributed by atoms with van der Waals surface area (Å²) in [6.07, 6.45) is 0.178. The molecule has 27 heavy (non-hydrogen) atoms. The zero-order valence-electron chi connectivity index (χ0n) is 14.0. The Kier molecular flexibility index (Phi) is 6.97. The molecule has 0 aliphatic rings. The Bertz CT molecular complexity index is 879. The Morgan fingerprint density at radius 2 is 2.11 bits per heavy atom. The van der Waals surface area contributed by atoms with Gasteiger partial charge in [0.05, 0.1) is 15.6 Å². The van der Waals surface area contributed by atoms with Crippen molar-refractivity contribution in [3.63, 3.8) is 0 Å². The number of benzene rings is 1. The summed E-state index contributed by atoms with van der Waals surface area (Å²) >= 11 is 6.88. The summed E-state index contributed by atoms with van der Waals surface area (Å²) in [6, 6.07) is 8.34. The summed E-state index contributed by atoms with van der Waals surface area (Å²) in [5.41, 5.74) is -0.0627. The van der Waals surface area contributed by atoms with Gasteiger partial charge in [-0.2, -0.15) is 4.73 Å². The highest BCUT2D eigenvalue weighted by Gasteiger charge is 2.20. The molecular formula is C16H14ClN3O6S. The monoisotopic (exact) mass is 411 g/mol. The largest absolute Gasteiger partial charge is 0.618 e. The summed E-state index contributed by atoms with van der Waals surface area (Å²) in [5, 5.41) is 24.9. The molecule has 9 nitrogen and oxygen atoms in total. The number of anilines is 1. The van der Waals surface area contributed by atoms with E-state index in [9.17, 15) is 24.9 Å². The first-order valence-corrected chi connectivity index (χ1v) is 8.89. The van der Waals surface area contributed by atoms with E-state index < -0.39 is 22.9 Å². The minimum absolute atomic E-state index is 0.0179. The predicted molar refractivity (Wildman–Crippen MR) is 98.4 cm³/mol. The summed E-state index contributed by atoms with van der Waals surface area (Å²) in [4.78, 5) is 34.0. The molecule has 0 aliphatic carbocycles. The lowest BCUT2D eigenvalue weighted by Gasteiger charge is -2.14. The van der Waals surface area contributed by atoms with Crippen LogP contribution in [0.1, 0.15) is 6.92 Å². The normalized spacial score (nSPS) is 11.5. The fourth-order valence-electron chi connectivity index (χ4n) is 1.90. The van der Waals surface area contributed by atoms with Crippen molar-refractivity contribution in [2.24, 2.45) is 0 Å². The smallest absolute Gasteiger partial charge is 0.317 e. The van der Waals surface area contributed by atoms with Gasteiger partial charge in [0.2, 0.25) is 0 Å². The Morgan fingerprint density at radius 3 is 2.74 bits per heavy atom. The second kappa shape index (κ2) is 9.19. The minimum Gasteiger partial charge on any atom is -0.618 e. The van der Waals surface area contributed by atoms with Gasteiger partial charge in [0.15, 0.2) is 12.3 Å². The van der Waals surface area contributed by atoms with Gasteiger partial charge in [0.25, 0.3) is 16.6 Å². The number of nitrogens with zero attached hydrogens (tertiary/aromatic N) is 2. The topological polar surface area (TPSA) is 125 Å². The highest BCUT2D eigenvalue weighted by Crippen LogP contribution is 2.26. The number of non-ortho nitro benzene ring substituents is 1. The zero-order valence-corrected chi connectivity index (χ0v) is 15.5. The van der Waals surface area contributed by atoms with Crippen LogP contribution in [0.25, 0.3) is 0 Å². The molecule has 1 aromatic carbocycles. The Hall–Kier alpha value is -2.85. The highest BCUT2D eigenvalue weighted by atomic mass is 35.5. The van der Waals surface area contributed by atoms with Crippen LogP contribution in [0.2, 0.25) is 5.02 Å². The van der Waals surface area contributed by atoms with Crippen molar-refractivity contribution in [3.05, 3.63) is 62.9 Å². The van der Waals surface area contributed by atoms with Crippen molar-refractivity contribution in [1.29, 1.82) is 0 Å². The van der Waals surface area contributed by atoms with Gasteiger partial charge in [-0.3, -0.25) is 19.7 Å². The molecule has 1 atom stereocenters. The molecule has 0 aliphatic heterocycles. The minimum atomic E-state index is -1.13. The molecule has 0 radical (unpaired) electrons. The van der Waals surface area contributed by atoms with Gasteiger partial charge < -0.3 is 15.3 Å². The van der Waals surface area contributed by atoms with Gasteiger partial charge in [-0.15, -0.1) is 0 Å². The van der Waals surface area contributed by atoms with E-state index in [0.717, 1.165) is 17.8 Å². The van der Waals surface area contributed by atoms with E-state index in [2.05, 4.69) is 5.32 Å². The van der Waals surface area contributed by atoms with Gasteiger partial charge in [-0.05, 0) is 30.8 Å². The molecule has 1 unspecified atom stereocenters. The number of rotatable bonds is 7. The molecule has 1 heterocycles. The maximum atomic E-state index is 12.1. The van der Waals surface area contributed by atoms with Crippen LogP contribution in [-0.2, 0) is 14.3 Å². The number of nitro benzene ring substituents is 1. The van der Waals surface area contributed by atoms with Crippen LogP contribution in [0.5, 0.6) is 0 Å². The quantitative estimate of drug-likeness (QED) is 0.185. The number of pyridine rings is 1. The molecule has 1 aromatic heterocycles. The molecular weight excluding hydrogens is 398 g/mol.